The van der Waals surface area contributed by atoms with Crippen molar-refractivity contribution in [3.8, 4) is 0 Å². The van der Waals surface area contributed by atoms with Crippen LogP contribution < -0.4 is 4.90 Å². The molecule has 3 aromatic carbocycles. The molecule has 0 atom stereocenters. The molecule has 1 spiro atoms. The predicted octanol–water partition coefficient (Wildman–Crippen LogP) is 7.15. The van der Waals surface area contributed by atoms with Crippen LogP contribution in [0.25, 0.3) is 10.9 Å². The van der Waals surface area contributed by atoms with Gasteiger partial charge >= 0.3 is 5.97 Å². The molecule has 4 aromatic rings. The third-order valence-corrected chi connectivity index (χ3v) is 9.04. The van der Waals surface area contributed by atoms with Crippen LogP contribution in [0.1, 0.15) is 28.8 Å². The maximum absolute atomic E-state index is 15.3. The van der Waals surface area contributed by atoms with Crippen molar-refractivity contribution in [3.05, 3.63) is 87.5 Å². The maximum atomic E-state index is 15.3. The standard InChI is InChI=1S/C27H18Cl2F2N2O3S/c28-17-9-8-15-23(22(17)31)32(25(29)24(15)37-19-7-3-4-14(21(19)30)26(35)36)12-20(34)33-13-27(10-11-27)16-5-1-2-6-18(16)33/h1-9H,10-13H2,(H,35,36). The molecule has 1 aliphatic carbocycles. The Hall–Kier alpha value is -3.07. The Labute approximate surface area is 224 Å². The number of hydrogen-bond acceptors (Lipinski definition) is 3. The van der Waals surface area contributed by atoms with E-state index in [2.05, 4.69) is 0 Å². The zero-order valence-electron chi connectivity index (χ0n) is 19.1. The SMILES string of the molecule is O=C(O)c1cccc(Sc2c(Cl)n(CC(=O)N3CC4(CC4)c4ccccc43)c3c(F)c(Cl)ccc23)c1F. The first kappa shape index (κ1) is 24.3. The smallest absolute Gasteiger partial charge is 0.338 e. The van der Waals surface area contributed by atoms with Gasteiger partial charge in [-0.05, 0) is 48.7 Å². The van der Waals surface area contributed by atoms with Gasteiger partial charge in [-0.1, -0.05) is 59.2 Å². The van der Waals surface area contributed by atoms with Gasteiger partial charge in [-0.3, -0.25) is 4.79 Å². The summed E-state index contributed by atoms with van der Waals surface area (Å²) in [6.45, 7) is 0.301. The van der Waals surface area contributed by atoms with E-state index >= 15 is 4.39 Å². The average molecular weight is 559 g/mol. The Morgan fingerprint density at radius 2 is 1.76 bits per heavy atom. The van der Waals surface area contributed by atoms with Crippen LogP contribution in [-0.2, 0) is 16.8 Å². The summed E-state index contributed by atoms with van der Waals surface area (Å²) in [6.07, 6.45) is 2.01. The number of aromatic carboxylic acids is 1. The van der Waals surface area contributed by atoms with Gasteiger partial charge in [0.1, 0.15) is 11.7 Å². The van der Waals surface area contributed by atoms with Crippen LogP contribution in [0.4, 0.5) is 14.5 Å². The first-order chi connectivity index (χ1) is 17.7. The van der Waals surface area contributed by atoms with Crippen LogP contribution >= 0.6 is 35.0 Å². The van der Waals surface area contributed by atoms with Crippen molar-refractivity contribution in [2.24, 2.45) is 0 Å². The Bertz CT molecular complexity index is 1630. The number of rotatable bonds is 5. The van der Waals surface area contributed by atoms with Crippen LogP contribution in [0.15, 0.2) is 64.4 Å². The third-order valence-electron chi connectivity index (χ3n) is 7.09. The summed E-state index contributed by atoms with van der Waals surface area (Å²) < 4.78 is 31.6. The summed E-state index contributed by atoms with van der Waals surface area (Å²) in [6, 6.07) is 14.7. The number of carboxylic acids is 1. The first-order valence-electron chi connectivity index (χ1n) is 11.5. The van der Waals surface area contributed by atoms with Gasteiger partial charge in [0.05, 0.1) is 21.0 Å². The van der Waals surface area contributed by atoms with E-state index in [-0.39, 0.29) is 38.5 Å². The van der Waals surface area contributed by atoms with E-state index in [4.69, 9.17) is 23.2 Å². The molecule has 10 heteroatoms. The van der Waals surface area contributed by atoms with E-state index in [1.807, 2.05) is 24.3 Å². The molecule has 1 aliphatic heterocycles. The molecule has 0 bridgehead atoms. The quantitative estimate of drug-likeness (QED) is 0.282. The minimum absolute atomic E-state index is 0.00619. The van der Waals surface area contributed by atoms with Crippen LogP contribution in [0, 0.1) is 11.6 Å². The van der Waals surface area contributed by atoms with Crippen LogP contribution in [0.3, 0.4) is 0 Å². The van der Waals surface area contributed by atoms with E-state index in [0.29, 0.717) is 16.8 Å². The maximum Gasteiger partial charge on any atom is 0.338 e. The molecule has 0 unspecified atom stereocenters. The minimum Gasteiger partial charge on any atom is -0.478 e. The molecule has 37 heavy (non-hydrogen) atoms. The topological polar surface area (TPSA) is 62.5 Å². The lowest BCUT2D eigenvalue weighted by molar-refractivity contribution is -0.119. The first-order valence-corrected chi connectivity index (χ1v) is 13.0. The molecule has 2 heterocycles. The lowest BCUT2D eigenvalue weighted by Gasteiger charge is -2.19. The van der Waals surface area contributed by atoms with Gasteiger partial charge in [0, 0.05) is 27.9 Å². The van der Waals surface area contributed by atoms with E-state index in [0.717, 1.165) is 41.9 Å². The largest absolute Gasteiger partial charge is 0.478 e. The molecule has 5 nitrogen and oxygen atoms in total. The zero-order chi connectivity index (χ0) is 26.1. The number of carbonyl (C=O) groups is 2. The van der Waals surface area contributed by atoms with Gasteiger partial charge in [0.25, 0.3) is 0 Å². The zero-order valence-corrected chi connectivity index (χ0v) is 21.4. The Morgan fingerprint density at radius 1 is 1.00 bits per heavy atom. The van der Waals surface area contributed by atoms with Gasteiger partial charge < -0.3 is 14.6 Å². The van der Waals surface area contributed by atoms with Crippen LogP contribution in [-0.4, -0.2) is 28.1 Å². The number of para-hydroxylation sites is 1. The Morgan fingerprint density at radius 3 is 2.49 bits per heavy atom. The average Bonchev–Trinajstić information content (AvgIpc) is 3.52. The van der Waals surface area contributed by atoms with Gasteiger partial charge in [0.15, 0.2) is 11.6 Å². The summed E-state index contributed by atoms with van der Waals surface area (Å²) in [5.74, 6) is -3.34. The number of hydrogen-bond donors (Lipinski definition) is 1. The van der Waals surface area contributed by atoms with Crippen molar-refractivity contribution in [2.45, 2.75) is 34.6 Å². The fraction of sp³-hybridized carbons (Fsp3) is 0.185. The lowest BCUT2D eigenvalue weighted by Crippen LogP contribution is -2.34. The normalized spacial score (nSPS) is 15.4. The van der Waals surface area contributed by atoms with Gasteiger partial charge in [0.2, 0.25) is 5.91 Å². The van der Waals surface area contributed by atoms with Gasteiger partial charge in [-0.2, -0.15) is 0 Å². The molecule has 0 saturated heterocycles. The highest BCUT2D eigenvalue weighted by molar-refractivity contribution is 7.99. The fourth-order valence-corrected chi connectivity index (χ4v) is 6.63. The van der Waals surface area contributed by atoms with Crippen molar-refractivity contribution in [1.29, 1.82) is 0 Å². The van der Waals surface area contributed by atoms with E-state index in [9.17, 15) is 19.1 Å². The molecular weight excluding hydrogens is 541 g/mol. The minimum atomic E-state index is -1.41. The van der Waals surface area contributed by atoms with Crippen molar-refractivity contribution >= 4 is 63.4 Å². The van der Waals surface area contributed by atoms with Crippen molar-refractivity contribution < 1.29 is 23.5 Å². The number of aromatic nitrogens is 1. The highest BCUT2D eigenvalue weighted by atomic mass is 35.5. The number of halogens is 4. The van der Waals surface area contributed by atoms with Crippen LogP contribution in [0.2, 0.25) is 10.2 Å². The second kappa shape index (κ2) is 8.75. The highest BCUT2D eigenvalue weighted by Crippen LogP contribution is 2.56. The van der Waals surface area contributed by atoms with Gasteiger partial charge in [-0.25, -0.2) is 13.6 Å². The number of nitrogens with zero attached hydrogens (tertiary/aromatic N) is 2. The molecule has 6 rings (SSSR count). The third kappa shape index (κ3) is 3.81. The Kier molecular flexibility index (Phi) is 5.74. The molecule has 0 radical (unpaired) electrons. The summed E-state index contributed by atoms with van der Waals surface area (Å²) in [7, 11) is 0. The number of carbonyl (C=O) groups excluding carboxylic acids is 1. The highest BCUT2D eigenvalue weighted by Gasteiger charge is 2.52. The van der Waals surface area contributed by atoms with Crippen molar-refractivity contribution in [3.63, 3.8) is 0 Å². The van der Waals surface area contributed by atoms with Crippen LogP contribution in [0.5, 0.6) is 0 Å². The summed E-state index contributed by atoms with van der Waals surface area (Å²) in [5.41, 5.74) is 1.51. The van der Waals surface area contributed by atoms with Gasteiger partial charge in [-0.15, -0.1) is 0 Å². The molecule has 1 aromatic heterocycles. The monoisotopic (exact) mass is 558 g/mol. The molecule has 1 N–H and O–H groups in total. The summed E-state index contributed by atoms with van der Waals surface area (Å²) in [5, 5.41) is 9.51. The fourth-order valence-electron chi connectivity index (χ4n) is 5.08. The van der Waals surface area contributed by atoms with E-state index < -0.39 is 23.2 Å². The van der Waals surface area contributed by atoms with E-state index in [1.54, 1.807) is 11.0 Å². The molecule has 1 fully saturated rings. The lowest BCUT2D eigenvalue weighted by atomic mass is 9.99. The number of benzene rings is 3. The second-order valence-electron chi connectivity index (χ2n) is 9.27. The van der Waals surface area contributed by atoms with E-state index in [1.165, 1.54) is 22.8 Å². The van der Waals surface area contributed by atoms with Crippen molar-refractivity contribution in [1.82, 2.24) is 4.57 Å². The molecular formula is C27H18Cl2F2N2O3S. The number of fused-ring (bicyclic) bond motifs is 3. The molecule has 2 aliphatic rings. The Balaban J connectivity index is 1.42. The summed E-state index contributed by atoms with van der Waals surface area (Å²) in [4.78, 5) is 27.0. The molecule has 188 valence electrons. The molecule has 1 saturated carbocycles. The predicted molar refractivity (Wildman–Crippen MR) is 139 cm³/mol. The van der Waals surface area contributed by atoms with Crippen molar-refractivity contribution in [2.75, 3.05) is 11.4 Å². The summed E-state index contributed by atoms with van der Waals surface area (Å²) >= 11 is 13.7. The molecule has 1 amide bonds. The second-order valence-corrected chi connectivity index (χ2v) is 11.1. The number of amides is 1. The number of anilines is 1. The number of carboxylic acid groups (broad SMARTS) is 1.